The Bertz CT molecular complexity index is 372. The lowest BCUT2D eigenvalue weighted by Gasteiger charge is -2.11. The number of fused-ring (bicyclic) bond motifs is 1. The molecule has 0 aliphatic heterocycles. The van der Waals surface area contributed by atoms with Gasteiger partial charge in [0.15, 0.2) is 0 Å². The van der Waals surface area contributed by atoms with Crippen LogP contribution in [-0.2, 0) is 6.42 Å². The molecule has 1 aromatic rings. The third-order valence-corrected chi connectivity index (χ3v) is 4.71. The first-order valence-electron chi connectivity index (χ1n) is 6.23. The maximum absolute atomic E-state index is 6.53. The van der Waals surface area contributed by atoms with Gasteiger partial charge in [-0.1, -0.05) is 36.6 Å². The molecule has 2 unspecified atom stereocenters. The predicted molar refractivity (Wildman–Crippen MR) is 67.5 cm³/mol. The first kappa shape index (κ1) is 10.6. The number of halogens is 1. The Morgan fingerprint density at radius 1 is 1.12 bits per heavy atom. The van der Waals surface area contributed by atoms with Crippen molar-refractivity contribution in [2.24, 2.45) is 17.6 Å². The van der Waals surface area contributed by atoms with Crippen LogP contribution in [0.15, 0.2) is 24.3 Å². The summed E-state index contributed by atoms with van der Waals surface area (Å²) in [6.07, 6.45) is 6.46. The second kappa shape index (κ2) is 3.75. The highest BCUT2D eigenvalue weighted by molar-refractivity contribution is 6.30. The molecule has 2 saturated carbocycles. The molecule has 0 bridgehead atoms. The zero-order valence-electron chi connectivity index (χ0n) is 9.45. The highest BCUT2D eigenvalue weighted by Gasteiger charge is 2.61. The average Bonchev–Trinajstić information content (AvgIpc) is 2.89. The van der Waals surface area contributed by atoms with Crippen molar-refractivity contribution in [3.63, 3.8) is 0 Å². The number of rotatable bonds is 2. The molecular formula is C14H18ClN. The van der Waals surface area contributed by atoms with Crippen molar-refractivity contribution in [3.8, 4) is 0 Å². The molecule has 3 rings (SSSR count). The summed E-state index contributed by atoms with van der Waals surface area (Å²) in [7, 11) is 0. The average molecular weight is 236 g/mol. The molecule has 0 saturated heterocycles. The molecule has 2 aliphatic carbocycles. The molecule has 1 nitrogen and oxygen atoms in total. The molecule has 2 N–H and O–H groups in total. The molecule has 0 radical (unpaired) electrons. The topological polar surface area (TPSA) is 26.0 Å². The molecule has 2 aliphatic rings. The Kier molecular flexibility index (Phi) is 2.49. The molecule has 1 aromatic carbocycles. The summed E-state index contributed by atoms with van der Waals surface area (Å²) in [5, 5.41) is 0.808. The van der Waals surface area contributed by atoms with Crippen LogP contribution in [0.5, 0.6) is 0 Å². The second-order valence-corrected chi connectivity index (χ2v) is 5.85. The fourth-order valence-electron chi connectivity index (χ4n) is 3.52. The summed E-state index contributed by atoms with van der Waals surface area (Å²) in [5.41, 5.74) is 7.97. The first-order chi connectivity index (χ1) is 7.70. The van der Waals surface area contributed by atoms with Crippen LogP contribution >= 0.6 is 11.6 Å². The molecule has 0 heterocycles. The van der Waals surface area contributed by atoms with Gasteiger partial charge in [0, 0.05) is 10.6 Å². The van der Waals surface area contributed by atoms with Crippen LogP contribution in [0.25, 0.3) is 0 Å². The van der Waals surface area contributed by atoms with E-state index >= 15 is 0 Å². The van der Waals surface area contributed by atoms with E-state index in [1.54, 1.807) is 0 Å². The van der Waals surface area contributed by atoms with Crippen LogP contribution in [0.4, 0.5) is 0 Å². The number of hydrogen-bond acceptors (Lipinski definition) is 1. The van der Waals surface area contributed by atoms with E-state index in [0.29, 0.717) is 0 Å². The molecule has 0 amide bonds. The van der Waals surface area contributed by atoms with Crippen LogP contribution < -0.4 is 5.73 Å². The Labute approximate surface area is 102 Å². The van der Waals surface area contributed by atoms with E-state index in [1.807, 2.05) is 12.1 Å². The van der Waals surface area contributed by atoms with E-state index in [-0.39, 0.29) is 5.54 Å². The SMILES string of the molecule is NC1(Cc2ccc(Cl)cc2)C2CCCCC21. The number of benzene rings is 1. The van der Waals surface area contributed by atoms with Crippen LogP contribution in [0, 0.1) is 11.8 Å². The Morgan fingerprint density at radius 2 is 1.69 bits per heavy atom. The van der Waals surface area contributed by atoms with Crippen LogP contribution in [-0.4, -0.2) is 5.54 Å². The fourth-order valence-corrected chi connectivity index (χ4v) is 3.64. The normalized spacial score (nSPS) is 36.9. The van der Waals surface area contributed by atoms with Gasteiger partial charge in [0.2, 0.25) is 0 Å². The van der Waals surface area contributed by atoms with E-state index in [1.165, 1.54) is 31.2 Å². The Hall–Kier alpha value is -0.530. The monoisotopic (exact) mass is 235 g/mol. The van der Waals surface area contributed by atoms with Crippen LogP contribution in [0.3, 0.4) is 0 Å². The van der Waals surface area contributed by atoms with E-state index in [0.717, 1.165) is 23.3 Å². The summed E-state index contributed by atoms with van der Waals surface area (Å²) in [6.45, 7) is 0. The third-order valence-electron chi connectivity index (χ3n) is 4.46. The van der Waals surface area contributed by atoms with Crippen molar-refractivity contribution in [2.45, 2.75) is 37.6 Å². The van der Waals surface area contributed by atoms with Gasteiger partial charge in [0.1, 0.15) is 0 Å². The smallest absolute Gasteiger partial charge is 0.0406 e. The number of hydrogen-bond donors (Lipinski definition) is 1. The van der Waals surface area contributed by atoms with Crippen molar-refractivity contribution >= 4 is 11.6 Å². The van der Waals surface area contributed by atoms with Gasteiger partial charge < -0.3 is 5.73 Å². The van der Waals surface area contributed by atoms with Crippen molar-refractivity contribution in [1.82, 2.24) is 0 Å². The van der Waals surface area contributed by atoms with Crippen molar-refractivity contribution in [2.75, 3.05) is 0 Å². The van der Waals surface area contributed by atoms with Gasteiger partial charge in [-0.05, 0) is 48.8 Å². The number of nitrogens with two attached hydrogens (primary N) is 1. The van der Waals surface area contributed by atoms with Gasteiger partial charge in [-0.15, -0.1) is 0 Å². The van der Waals surface area contributed by atoms with Crippen molar-refractivity contribution < 1.29 is 0 Å². The minimum absolute atomic E-state index is 0.102. The molecule has 16 heavy (non-hydrogen) atoms. The van der Waals surface area contributed by atoms with Gasteiger partial charge in [0.05, 0.1) is 0 Å². The summed E-state index contributed by atoms with van der Waals surface area (Å²) in [6, 6.07) is 8.15. The lowest BCUT2D eigenvalue weighted by Crippen LogP contribution is -2.29. The van der Waals surface area contributed by atoms with Crippen molar-refractivity contribution in [1.29, 1.82) is 0 Å². The highest BCUT2D eigenvalue weighted by Crippen LogP contribution is 2.58. The second-order valence-electron chi connectivity index (χ2n) is 5.41. The van der Waals surface area contributed by atoms with E-state index in [9.17, 15) is 0 Å². The molecule has 2 atom stereocenters. The van der Waals surface area contributed by atoms with E-state index in [4.69, 9.17) is 17.3 Å². The standard InChI is InChI=1S/C14H18ClN/c15-11-7-5-10(6-8-11)9-14(16)12-3-1-2-4-13(12)14/h5-8,12-13H,1-4,9,16H2. The molecule has 0 spiro atoms. The van der Waals surface area contributed by atoms with Gasteiger partial charge >= 0.3 is 0 Å². The molecular weight excluding hydrogens is 218 g/mol. The Balaban J connectivity index is 1.73. The maximum Gasteiger partial charge on any atom is 0.0406 e. The highest BCUT2D eigenvalue weighted by atomic mass is 35.5. The quantitative estimate of drug-likeness (QED) is 0.836. The lowest BCUT2D eigenvalue weighted by molar-refractivity contribution is 0.480. The zero-order chi connectivity index (χ0) is 11.2. The molecule has 0 aromatic heterocycles. The Morgan fingerprint density at radius 3 is 2.25 bits per heavy atom. The van der Waals surface area contributed by atoms with Crippen LogP contribution in [0.1, 0.15) is 31.2 Å². The molecule has 2 heteroatoms. The van der Waals surface area contributed by atoms with E-state index < -0.39 is 0 Å². The van der Waals surface area contributed by atoms with Crippen LogP contribution in [0.2, 0.25) is 5.02 Å². The van der Waals surface area contributed by atoms with Gasteiger partial charge in [0.25, 0.3) is 0 Å². The molecule has 2 fully saturated rings. The minimum Gasteiger partial charge on any atom is -0.324 e. The lowest BCUT2D eigenvalue weighted by atomic mass is 10.0. The first-order valence-corrected chi connectivity index (χ1v) is 6.61. The van der Waals surface area contributed by atoms with Gasteiger partial charge in [-0.3, -0.25) is 0 Å². The summed E-state index contributed by atoms with van der Waals surface area (Å²) in [5.74, 6) is 1.58. The predicted octanol–water partition coefficient (Wildman–Crippen LogP) is 3.40. The summed E-state index contributed by atoms with van der Waals surface area (Å²) >= 11 is 5.89. The van der Waals surface area contributed by atoms with Gasteiger partial charge in [-0.25, -0.2) is 0 Å². The third kappa shape index (κ3) is 1.66. The molecule has 86 valence electrons. The zero-order valence-corrected chi connectivity index (χ0v) is 10.2. The fraction of sp³-hybridized carbons (Fsp3) is 0.571. The van der Waals surface area contributed by atoms with E-state index in [2.05, 4.69) is 12.1 Å². The maximum atomic E-state index is 6.53. The van der Waals surface area contributed by atoms with Crippen molar-refractivity contribution in [3.05, 3.63) is 34.9 Å². The largest absolute Gasteiger partial charge is 0.324 e. The van der Waals surface area contributed by atoms with Gasteiger partial charge in [-0.2, -0.15) is 0 Å². The summed E-state index contributed by atoms with van der Waals surface area (Å²) < 4.78 is 0. The summed E-state index contributed by atoms with van der Waals surface area (Å²) in [4.78, 5) is 0. The minimum atomic E-state index is 0.102.